The van der Waals surface area contributed by atoms with Crippen molar-refractivity contribution < 1.29 is 4.42 Å². The first kappa shape index (κ1) is 15.9. The Morgan fingerprint density at radius 2 is 1.56 bits per heavy atom. The predicted molar refractivity (Wildman–Crippen MR) is 105 cm³/mol. The van der Waals surface area contributed by atoms with Gasteiger partial charge in [-0.3, -0.25) is 0 Å². The molecule has 0 atom stereocenters. The van der Waals surface area contributed by atoms with Crippen LogP contribution in [0.3, 0.4) is 0 Å². The number of oxazole rings is 1. The molecule has 7 heteroatoms. The Bertz CT molecular complexity index is 1190. The summed E-state index contributed by atoms with van der Waals surface area (Å²) in [4.78, 5) is 4.53. The van der Waals surface area contributed by atoms with Crippen LogP contribution in [0.25, 0.3) is 39.6 Å². The summed E-state index contributed by atoms with van der Waals surface area (Å²) in [7, 11) is 0. The van der Waals surface area contributed by atoms with Crippen molar-refractivity contribution in [1.82, 2.24) is 25.2 Å². The van der Waals surface area contributed by atoms with Gasteiger partial charge < -0.3 is 4.42 Å². The zero-order chi connectivity index (χ0) is 18.2. The van der Waals surface area contributed by atoms with E-state index in [0.29, 0.717) is 11.7 Å². The van der Waals surface area contributed by atoms with Crippen molar-refractivity contribution in [2.45, 2.75) is 0 Å². The van der Waals surface area contributed by atoms with Gasteiger partial charge in [-0.2, -0.15) is 4.68 Å². The molecule has 0 bridgehead atoms. The van der Waals surface area contributed by atoms with Crippen molar-refractivity contribution in [2.24, 2.45) is 0 Å². The first-order valence-corrected chi connectivity index (χ1v) is 9.08. The monoisotopic (exact) mass is 417 g/mol. The van der Waals surface area contributed by atoms with Crippen molar-refractivity contribution in [3.05, 3.63) is 77.3 Å². The Hall–Kier alpha value is -3.32. The van der Waals surface area contributed by atoms with Crippen LogP contribution in [0.4, 0.5) is 0 Å². The standard InChI is InChI=1S/C20H12BrN5O/c21-15-9-5-13(6-10-15)19-23-24-25-26(19)16-11-7-14(8-12-16)20-22-17-3-1-2-4-18(17)27-20/h1-12H. The normalized spacial score (nSPS) is 11.1. The third-order valence-corrected chi connectivity index (χ3v) is 4.75. The minimum Gasteiger partial charge on any atom is -0.436 e. The van der Waals surface area contributed by atoms with Gasteiger partial charge in [0.25, 0.3) is 0 Å². The van der Waals surface area contributed by atoms with E-state index in [1.807, 2.05) is 72.8 Å². The molecule has 0 radical (unpaired) electrons. The Balaban J connectivity index is 1.51. The molecule has 0 N–H and O–H groups in total. The number of fused-ring (bicyclic) bond motifs is 1. The Morgan fingerprint density at radius 1 is 0.815 bits per heavy atom. The van der Waals surface area contributed by atoms with Crippen molar-refractivity contribution in [1.29, 1.82) is 0 Å². The van der Waals surface area contributed by atoms with Gasteiger partial charge in [-0.1, -0.05) is 40.2 Å². The second-order valence-corrected chi connectivity index (χ2v) is 6.87. The third-order valence-electron chi connectivity index (χ3n) is 4.22. The number of aromatic nitrogens is 5. The fourth-order valence-electron chi connectivity index (χ4n) is 2.88. The number of para-hydroxylation sites is 2. The highest BCUT2D eigenvalue weighted by Gasteiger charge is 2.12. The summed E-state index contributed by atoms with van der Waals surface area (Å²) in [6.45, 7) is 0. The maximum atomic E-state index is 5.83. The quantitative estimate of drug-likeness (QED) is 0.417. The number of benzene rings is 3. The van der Waals surface area contributed by atoms with Gasteiger partial charge >= 0.3 is 0 Å². The lowest BCUT2D eigenvalue weighted by atomic mass is 10.2. The number of halogens is 1. The third kappa shape index (κ3) is 2.92. The van der Waals surface area contributed by atoms with Crippen LogP contribution in [0.2, 0.25) is 0 Å². The molecule has 5 aromatic rings. The van der Waals surface area contributed by atoms with E-state index in [0.717, 1.165) is 32.4 Å². The van der Waals surface area contributed by atoms with Gasteiger partial charge in [-0.05, 0) is 59.0 Å². The van der Waals surface area contributed by atoms with Crippen LogP contribution in [0, 0.1) is 0 Å². The molecule has 0 spiro atoms. The van der Waals surface area contributed by atoms with Crippen LogP contribution in [-0.4, -0.2) is 25.2 Å². The maximum Gasteiger partial charge on any atom is 0.227 e. The van der Waals surface area contributed by atoms with Crippen LogP contribution >= 0.6 is 15.9 Å². The minimum absolute atomic E-state index is 0.590. The van der Waals surface area contributed by atoms with Crippen LogP contribution in [0.1, 0.15) is 0 Å². The van der Waals surface area contributed by atoms with Gasteiger partial charge in [0.15, 0.2) is 11.4 Å². The van der Waals surface area contributed by atoms with Gasteiger partial charge in [-0.25, -0.2) is 4.98 Å². The first-order valence-electron chi connectivity index (χ1n) is 8.29. The molecule has 5 rings (SSSR count). The van der Waals surface area contributed by atoms with Crippen LogP contribution in [0.15, 0.2) is 81.7 Å². The summed E-state index contributed by atoms with van der Waals surface area (Å²) in [5.74, 6) is 1.27. The van der Waals surface area contributed by atoms with Crippen LogP contribution < -0.4 is 0 Å². The van der Waals surface area contributed by atoms with Gasteiger partial charge in [0, 0.05) is 15.6 Å². The van der Waals surface area contributed by atoms with E-state index in [9.17, 15) is 0 Å². The van der Waals surface area contributed by atoms with E-state index in [2.05, 4.69) is 36.4 Å². The molecule has 6 nitrogen and oxygen atoms in total. The van der Waals surface area contributed by atoms with Gasteiger partial charge in [-0.15, -0.1) is 5.10 Å². The lowest BCUT2D eigenvalue weighted by Gasteiger charge is -2.05. The van der Waals surface area contributed by atoms with E-state index < -0.39 is 0 Å². The topological polar surface area (TPSA) is 69.6 Å². The van der Waals surface area contributed by atoms with E-state index in [-0.39, 0.29) is 0 Å². The van der Waals surface area contributed by atoms with Gasteiger partial charge in [0.05, 0.1) is 5.69 Å². The average Bonchev–Trinajstić information content (AvgIpc) is 3.36. The summed E-state index contributed by atoms with van der Waals surface area (Å²) in [6.07, 6.45) is 0. The Labute approximate surface area is 162 Å². The first-order chi connectivity index (χ1) is 13.3. The van der Waals surface area contributed by atoms with Crippen LogP contribution in [-0.2, 0) is 0 Å². The number of nitrogens with zero attached hydrogens (tertiary/aromatic N) is 5. The van der Waals surface area contributed by atoms with Crippen molar-refractivity contribution in [2.75, 3.05) is 0 Å². The maximum absolute atomic E-state index is 5.83. The molecule has 0 amide bonds. The highest BCUT2D eigenvalue weighted by Crippen LogP contribution is 2.26. The lowest BCUT2D eigenvalue weighted by molar-refractivity contribution is 0.620. The largest absolute Gasteiger partial charge is 0.436 e. The fourth-order valence-corrected chi connectivity index (χ4v) is 3.15. The van der Waals surface area contributed by atoms with Gasteiger partial charge in [0.2, 0.25) is 5.89 Å². The summed E-state index contributed by atoms with van der Waals surface area (Å²) in [5.41, 5.74) is 4.31. The molecule has 0 unspecified atom stereocenters. The minimum atomic E-state index is 0.590. The van der Waals surface area contributed by atoms with Crippen molar-refractivity contribution in [3.63, 3.8) is 0 Å². The van der Waals surface area contributed by atoms with E-state index in [1.165, 1.54) is 0 Å². The molecule has 27 heavy (non-hydrogen) atoms. The molecule has 0 aliphatic heterocycles. The molecule has 0 aliphatic rings. The SMILES string of the molecule is Brc1ccc(-c2nnnn2-c2ccc(-c3nc4ccccc4o3)cc2)cc1. The molecule has 0 saturated heterocycles. The summed E-state index contributed by atoms with van der Waals surface area (Å²) >= 11 is 3.44. The highest BCUT2D eigenvalue weighted by molar-refractivity contribution is 9.10. The number of hydrogen-bond acceptors (Lipinski definition) is 5. The van der Waals surface area contributed by atoms with E-state index in [1.54, 1.807) is 4.68 Å². The second-order valence-electron chi connectivity index (χ2n) is 5.95. The second kappa shape index (κ2) is 6.44. The number of hydrogen-bond donors (Lipinski definition) is 0. The average molecular weight is 418 g/mol. The van der Waals surface area contributed by atoms with Gasteiger partial charge in [0.1, 0.15) is 5.52 Å². The summed E-state index contributed by atoms with van der Waals surface area (Å²) < 4.78 is 8.54. The van der Waals surface area contributed by atoms with Crippen molar-refractivity contribution >= 4 is 27.0 Å². The fraction of sp³-hybridized carbons (Fsp3) is 0. The van der Waals surface area contributed by atoms with E-state index in [4.69, 9.17) is 4.42 Å². The summed E-state index contributed by atoms with van der Waals surface area (Å²) in [5, 5.41) is 12.1. The highest BCUT2D eigenvalue weighted by atomic mass is 79.9. The number of rotatable bonds is 3. The van der Waals surface area contributed by atoms with E-state index >= 15 is 0 Å². The molecule has 2 aromatic heterocycles. The molecule has 0 aliphatic carbocycles. The predicted octanol–water partition coefficient (Wildman–Crippen LogP) is 4.90. The molecule has 0 saturated carbocycles. The lowest BCUT2D eigenvalue weighted by Crippen LogP contribution is -1.99. The Morgan fingerprint density at radius 3 is 2.33 bits per heavy atom. The molecule has 2 heterocycles. The van der Waals surface area contributed by atoms with Crippen LogP contribution in [0.5, 0.6) is 0 Å². The molecular formula is C20H12BrN5O. The Kier molecular flexibility index (Phi) is 3.79. The zero-order valence-corrected chi connectivity index (χ0v) is 15.5. The zero-order valence-electron chi connectivity index (χ0n) is 14.0. The molecule has 130 valence electrons. The molecular weight excluding hydrogens is 406 g/mol. The van der Waals surface area contributed by atoms with Crippen molar-refractivity contribution in [3.8, 4) is 28.5 Å². The smallest absolute Gasteiger partial charge is 0.227 e. The molecule has 0 fully saturated rings. The summed E-state index contributed by atoms with van der Waals surface area (Å²) in [6, 6.07) is 23.4. The molecule has 3 aromatic carbocycles. The number of tetrazole rings is 1.